The maximum atomic E-state index is 12.5. The lowest BCUT2D eigenvalue weighted by Crippen LogP contribution is -2.33. The van der Waals surface area contributed by atoms with Crippen molar-refractivity contribution in [2.75, 3.05) is 18.4 Å². The Morgan fingerprint density at radius 3 is 2.62 bits per heavy atom. The van der Waals surface area contributed by atoms with E-state index in [1.807, 2.05) is 20.8 Å². The summed E-state index contributed by atoms with van der Waals surface area (Å²) in [5.41, 5.74) is 0.913. The summed E-state index contributed by atoms with van der Waals surface area (Å²) >= 11 is 0. The fourth-order valence-electron chi connectivity index (χ4n) is 2.76. The molecule has 6 heteroatoms. The predicted octanol–water partition coefficient (Wildman–Crippen LogP) is 2.02. The second-order valence-corrected chi connectivity index (χ2v) is 6.33. The quantitative estimate of drug-likeness (QED) is 0.837. The molecule has 3 amide bonds. The second-order valence-electron chi connectivity index (χ2n) is 6.33. The number of rotatable bonds is 6. The number of para-hydroxylation sites is 1. The number of hydrogen-bond acceptors (Lipinski definition) is 3. The lowest BCUT2D eigenvalue weighted by molar-refractivity contribution is -0.129. The minimum Gasteiger partial charge on any atom is -0.352 e. The van der Waals surface area contributed by atoms with Crippen LogP contribution in [0.4, 0.5) is 5.69 Å². The zero-order valence-electron chi connectivity index (χ0n) is 14.5. The lowest BCUT2D eigenvalue weighted by atomic mass is 10.1. The van der Waals surface area contributed by atoms with Gasteiger partial charge in [-0.05, 0) is 32.4 Å². The third-order valence-corrected chi connectivity index (χ3v) is 4.12. The van der Waals surface area contributed by atoms with Crippen LogP contribution in [0.25, 0.3) is 0 Å². The Morgan fingerprint density at radius 1 is 1.29 bits per heavy atom. The van der Waals surface area contributed by atoms with Gasteiger partial charge in [0.1, 0.15) is 0 Å². The van der Waals surface area contributed by atoms with Gasteiger partial charge in [-0.15, -0.1) is 0 Å². The fourth-order valence-corrected chi connectivity index (χ4v) is 2.76. The molecule has 6 nitrogen and oxygen atoms in total. The third kappa shape index (κ3) is 4.13. The second kappa shape index (κ2) is 7.95. The topological polar surface area (TPSA) is 78.5 Å². The summed E-state index contributed by atoms with van der Waals surface area (Å²) in [5, 5.41) is 5.62. The van der Waals surface area contributed by atoms with Gasteiger partial charge < -0.3 is 15.5 Å². The van der Waals surface area contributed by atoms with Crippen molar-refractivity contribution in [2.45, 2.75) is 39.7 Å². The van der Waals surface area contributed by atoms with Crippen molar-refractivity contribution in [3.05, 3.63) is 29.8 Å². The summed E-state index contributed by atoms with van der Waals surface area (Å²) < 4.78 is 0. The number of hydrogen-bond donors (Lipinski definition) is 2. The molecule has 130 valence electrons. The van der Waals surface area contributed by atoms with Crippen LogP contribution in [0.5, 0.6) is 0 Å². The molecule has 0 unspecified atom stereocenters. The van der Waals surface area contributed by atoms with E-state index >= 15 is 0 Å². The van der Waals surface area contributed by atoms with Gasteiger partial charge in [0.05, 0.1) is 17.2 Å². The van der Waals surface area contributed by atoms with Crippen LogP contribution in [0.3, 0.4) is 0 Å². The van der Waals surface area contributed by atoms with Crippen LogP contribution in [0.2, 0.25) is 0 Å². The van der Waals surface area contributed by atoms with Crippen LogP contribution in [-0.4, -0.2) is 41.8 Å². The molecule has 2 N–H and O–H groups in total. The molecule has 24 heavy (non-hydrogen) atoms. The summed E-state index contributed by atoms with van der Waals surface area (Å²) in [6.45, 7) is 6.86. The molecule has 1 saturated heterocycles. The summed E-state index contributed by atoms with van der Waals surface area (Å²) in [7, 11) is 0. The Bertz CT molecular complexity index is 628. The molecule has 1 aromatic carbocycles. The number of carbonyl (C=O) groups is 3. The highest BCUT2D eigenvalue weighted by Crippen LogP contribution is 2.23. The van der Waals surface area contributed by atoms with Gasteiger partial charge in [-0.3, -0.25) is 14.4 Å². The van der Waals surface area contributed by atoms with E-state index in [9.17, 15) is 14.4 Å². The Labute approximate surface area is 142 Å². The maximum absolute atomic E-state index is 12.5. The van der Waals surface area contributed by atoms with Crippen molar-refractivity contribution in [2.24, 2.45) is 5.92 Å². The molecule has 1 aromatic rings. The monoisotopic (exact) mass is 331 g/mol. The van der Waals surface area contributed by atoms with Gasteiger partial charge in [0.25, 0.3) is 5.91 Å². The van der Waals surface area contributed by atoms with Crippen LogP contribution in [0.15, 0.2) is 24.3 Å². The molecule has 0 bridgehead atoms. The molecule has 0 saturated carbocycles. The highest BCUT2D eigenvalue weighted by atomic mass is 16.2. The van der Waals surface area contributed by atoms with Crippen LogP contribution >= 0.6 is 0 Å². The average Bonchev–Trinajstić information content (AvgIpc) is 2.95. The normalized spacial score (nSPS) is 17.2. The molecule has 1 aliphatic heterocycles. The summed E-state index contributed by atoms with van der Waals surface area (Å²) in [6, 6.07) is 7.00. The van der Waals surface area contributed by atoms with Crippen molar-refractivity contribution in [3.63, 3.8) is 0 Å². The van der Waals surface area contributed by atoms with E-state index in [0.717, 1.165) is 6.42 Å². The smallest absolute Gasteiger partial charge is 0.253 e. The highest BCUT2D eigenvalue weighted by molar-refractivity contribution is 6.05. The van der Waals surface area contributed by atoms with E-state index in [1.165, 1.54) is 0 Å². The van der Waals surface area contributed by atoms with E-state index in [4.69, 9.17) is 0 Å². The molecule has 0 aromatic heterocycles. The van der Waals surface area contributed by atoms with Crippen LogP contribution < -0.4 is 10.6 Å². The van der Waals surface area contributed by atoms with E-state index in [2.05, 4.69) is 10.6 Å². The van der Waals surface area contributed by atoms with Crippen LogP contribution in [0.1, 0.15) is 44.0 Å². The van der Waals surface area contributed by atoms with Crippen molar-refractivity contribution in [1.82, 2.24) is 10.2 Å². The van der Waals surface area contributed by atoms with E-state index < -0.39 is 0 Å². The molecule has 0 aliphatic carbocycles. The third-order valence-electron chi connectivity index (χ3n) is 4.12. The van der Waals surface area contributed by atoms with Crippen molar-refractivity contribution in [3.8, 4) is 0 Å². The highest BCUT2D eigenvalue weighted by Gasteiger charge is 2.35. The zero-order chi connectivity index (χ0) is 17.7. The van der Waals surface area contributed by atoms with Crippen LogP contribution in [-0.2, 0) is 9.59 Å². The zero-order valence-corrected chi connectivity index (χ0v) is 14.5. The minimum atomic E-state index is -0.383. The molecular weight excluding hydrogens is 306 g/mol. The predicted molar refractivity (Wildman–Crippen MR) is 92.7 cm³/mol. The van der Waals surface area contributed by atoms with Gasteiger partial charge >= 0.3 is 0 Å². The number of nitrogens with zero attached hydrogens (tertiary/aromatic N) is 1. The van der Waals surface area contributed by atoms with Gasteiger partial charge in [0, 0.05) is 25.6 Å². The van der Waals surface area contributed by atoms with E-state index in [-0.39, 0.29) is 36.1 Å². The molecule has 0 radical (unpaired) electrons. The first-order valence-corrected chi connectivity index (χ1v) is 8.41. The summed E-state index contributed by atoms with van der Waals surface area (Å²) in [5.74, 6) is -0.813. The number of amides is 3. The van der Waals surface area contributed by atoms with Gasteiger partial charge in [0.2, 0.25) is 11.8 Å². The van der Waals surface area contributed by atoms with Gasteiger partial charge in [0.15, 0.2) is 0 Å². The molecule has 1 fully saturated rings. The Morgan fingerprint density at radius 2 is 2.00 bits per heavy atom. The SMILES string of the molecule is CCCNC(=O)c1ccccc1NC(=O)[C@@H]1CC(=O)N(C(C)C)C1. The standard InChI is InChI=1S/C18H25N3O3/c1-4-9-19-18(24)14-7-5-6-8-15(14)20-17(23)13-10-16(22)21(11-13)12(2)3/h5-8,12-13H,4,9-11H2,1-3H3,(H,19,24)(H,20,23)/t13-/m1/s1. The Balaban J connectivity index is 2.07. The first-order valence-electron chi connectivity index (χ1n) is 8.41. The summed E-state index contributed by atoms with van der Waals surface area (Å²) in [4.78, 5) is 38.4. The minimum absolute atomic E-state index is 0.000811. The first kappa shape index (κ1) is 18.0. The lowest BCUT2D eigenvalue weighted by Gasteiger charge is -2.20. The number of carbonyl (C=O) groups excluding carboxylic acids is 3. The molecular formula is C18H25N3O3. The number of nitrogens with one attached hydrogen (secondary N) is 2. The van der Waals surface area contributed by atoms with E-state index in [0.29, 0.717) is 24.3 Å². The molecule has 2 rings (SSSR count). The number of benzene rings is 1. The number of likely N-dealkylation sites (tertiary alicyclic amines) is 1. The Hall–Kier alpha value is -2.37. The van der Waals surface area contributed by atoms with Gasteiger partial charge in [-0.2, -0.15) is 0 Å². The largest absolute Gasteiger partial charge is 0.352 e. The molecule has 1 atom stereocenters. The number of anilines is 1. The maximum Gasteiger partial charge on any atom is 0.253 e. The van der Waals surface area contributed by atoms with E-state index in [1.54, 1.807) is 29.2 Å². The summed E-state index contributed by atoms with van der Waals surface area (Å²) in [6.07, 6.45) is 1.06. The molecule has 0 spiro atoms. The van der Waals surface area contributed by atoms with Crippen molar-refractivity contribution >= 4 is 23.4 Å². The van der Waals surface area contributed by atoms with Crippen molar-refractivity contribution < 1.29 is 14.4 Å². The fraction of sp³-hybridized carbons (Fsp3) is 0.500. The van der Waals surface area contributed by atoms with Gasteiger partial charge in [-0.1, -0.05) is 19.1 Å². The van der Waals surface area contributed by atoms with Crippen LogP contribution in [0, 0.1) is 5.92 Å². The Kier molecular flexibility index (Phi) is 5.95. The van der Waals surface area contributed by atoms with Crippen molar-refractivity contribution in [1.29, 1.82) is 0 Å². The average molecular weight is 331 g/mol. The first-order chi connectivity index (χ1) is 11.4. The molecule has 1 aliphatic rings. The van der Waals surface area contributed by atoms with Gasteiger partial charge in [-0.25, -0.2) is 0 Å². The molecule has 1 heterocycles.